The number of nitrogens with zero attached hydrogens (tertiary/aromatic N) is 3. The van der Waals surface area contributed by atoms with Crippen LogP contribution in [0.4, 0.5) is 0 Å². The fraction of sp³-hybridized carbons (Fsp3) is 0.769. The molecule has 0 amide bonds. The van der Waals surface area contributed by atoms with Gasteiger partial charge in [0.05, 0.1) is 0 Å². The van der Waals surface area contributed by atoms with Crippen LogP contribution >= 0.6 is 11.8 Å². The molecule has 0 unspecified atom stereocenters. The first-order valence-corrected chi connectivity index (χ1v) is 8.29. The second-order valence-corrected chi connectivity index (χ2v) is 5.86. The average molecular weight is 361 g/mol. The highest BCUT2D eigenvalue weighted by Gasteiger charge is 2.49. The van der Waals surface area contributed by atoms with Crippen LogP contribution in [0, 0.1) is 0 Å². The lowest BCUT2D eigenvalue weighted by atomic mass is 9.98. The van der Waals surface area contributed by atoms with Gasteiger partial charge >= 0.3 is 17.9 Å². The highest BCUT2D eigenvalue weighted by atomic mass is 32.2. The summed E-state index contributed by atoms with van der Waals surface area (Å²) in [5.74, 6) is -1.82. The molecular formula is C13H19N3O7S. The van der Waals surface area contributed by atoms with Crippen molar-refractivity contribution in [3.8, 4) is 0 Å². The summed E-state index contributed by atoms with van der Waals surface area (Å²) in [5.41, 5.74) is 8.10. The molecule has 0 N–H and O–H groups in total. The number of carbonyl (C=O) groups is 3. The molecule has 11 heteroatoms. The van der Waals surface area contributed by atoms with Crippen molar-refractivity contribution in [2.24, 2.45) is 5.11 Å². The molecule has 0 aromatic rings. The number of rotatable bonds is 6. The molecule has 0 aromatic heterocycles. The number of ether oxygens (including phenoxy) is 4. The second-order valence-electron chi connectivity index (χ2n) is 4.92. The van der Waals surface area contributed by atoms with Crippen molar-refractivity contribution in [2.75, 3.05) is 12.9 Å². The molecule has 0 radical (unpaired) electrons. The van der Waals surface area contributed by atoms with Gasteiger partial charge in [-0.1, -0.05) is 5.11 Å². The predicted octanol–water partition coefficient (Wildman–Crippen LogP) is 1.18. The van der Waals surface area contributed by atoms with E-state index in [2.05, 4.69) is 10.0 Å². The maximum absolute atomic E-state index is 11.4. The third kappa shape index (κ3) is 5.59. The van der Waals surface area contributed by atoms with Crippen molar-refractivity contribution in [1.82, 2.24) is 0 Å². The molecule has 1 fully saturated rings. The molecule has 1 rings (SSSR count). The fourth-order valence-corrected chi connectivity index (χ4v) is 3.00. The number of carbonyl (C=O) groups excluding carboxylic acids is 3. The lowest BCUT2D eigenvalue weighted by molar-refractivity contribution is -0.208. The maximum atomic E-state index is 11.4. The number of azide groups is 1. The van der Waals surface area contributed by atoms with Gasteiger partial charge in [0.2, 0.25) is 0 Å². The number of hydrogen-bond donors (Lipinski definition) is 0. The monoisotopic (exact) mass is 361 g/mol. The molecule has 1 aliphatic heterocycles. The van der Waals surface area contributed by atoms with E-state index in [0.29, 0.717) is 0 Å². The summed E-state index contributed by atoms with van der Waals surface area (Å²) >= 11 is 1.22. The van der Waals surface area contributed by atoms with E-state index >= 15 is 0 Å². The summed E-state index contributed by atoms with van der Waals surface area (Å²) in [4.78, 5) is 36.6. The summed E-state index contributed by atoms with van der Waals surface area (Å²) in [6, 6.07) is -0.910. The highest BCUT2D eigenvalue weighted by molar-refractivity contribution is 7.99. The summed E-state index contributed by atoms with van der Waals surface area (Å²) in [6.07, 6.45) is -1.30. The van der Waals surface area contributed by atoms with Crippen molar-refractivity contribution < 1.29 is 33.3 Å². The zero-order valence-electron chi connectivity index (χ0n) is 13.7. The molecule has 0 aromatic carbocycles. The minimum absolute atomic E-state index is 0.203. The van der Waals surface area contributed by atoms with Crippen molar-refractivity contribution in [1.29, 1.82) is 0 Å². The Labute approximate surface area is 142 Å². The van der Waals surface area contributed by atoms with Gasteiger partial charge in [-0.15, -0.1) is 11.8 Å². The van der Waals surface area contributed by atoms with Crippen molar-refractivity contribution in [3.63, 3.8) is 0 Å². The molecule has 134 valence electrons. The van der Waals surface area contributed by atoms with Crippen LogP contribution in [0.2, 0.25) is 0 Å². The Kier molecular flexibility index (Phi) is 7.83. The first-order valence-electron chi connectivity index (χ1n) is 7.00. The van der Waals surface area contributed by atoms with Crippen molar-refractivity contribution in [2.45, 2.75) is 50.6 Å². The lowest BCUT2D eigenvalue weighted by Gasteiger charge is -2.43. The average Bonchev–Trinajstić information content (AvgIpc) is 2.48. The molecular weight excluding hydrogens is 342 g/mol. The smallest absolute Gasteiger partial charge is 0.303 e. The van der Waals surface area contributed by atoms with E-state index in [1.807, 2.05) is 0 Å². The Bertz CT molecular complexity index is 538. The van der Waals surface area contributed by atoms with Crippen molar-refractivity contribution in [3.05, 3.63) is 10.4 Å². The lowest BCUT2D eigenvalue weighted by Crippen LogP contribution is -2.59. The van der Waals surface area contributed by atoms with Crippen LogP contribution in [-0.4, -0.2) is 60.6 Å². The Morgan fingerprint density at radius 2 is 1.71 bits per heavy atom. The Balaban J connectivity index is 3.18. The number of thioether (sulfide) groups is 1. The third-order valence-electron chi connectivity index (χ3n) is 3.09. The SMILES string of the molecule is CS[C@@H]1O[C@H](COC(C)=O)[C@@H](OC(C)=O)[C@H](OC(C)=O)[C@H]1N=[N+]=[N-]. The van der Waals surface area contributed by atoms with E-state index in [1.54, 1.807) is 6.26 Å². The molecule has 5 atom stereocenters. The van der Waals surface area contributed by atoms with E-state index in [-0.39, 0.29) is 6.61 Å². The zero-order valence-corrected chi connectivity index (χ0v) is 14.5. The summed E-state index contributed by atoms with van der Waals surface area (Å²) in [6.45, 7) is 3.38. The Morgan fingerprint density at radius 3 is 2.17 bits per heavy atom. The van der Waals surface area contributed by atoms with Gasteiger partial charge in [0.1, 0.15) is 24.2 Å². The molecule has 10 nitrogen and oxygen atoms in total. The van der Waals surface area contributed by atoms with Crippen LogP contribution in [0.5, 0.6) is 0 Å². The molecule has 24 heavy (non-hydrogen) atoms. The second kappa shape index (κ2) is 9.36. The van der Waals surface area contributed by atoms with E-state index in [4.69, 9.17) is 24.5 Å². The normalized spacial score (nSPS) is 29.1. The van der Waals surface area contributed by atoms with E-state index < -0.39 is 47.7 Å². The summed E-state index contributed by atoms with van der Waals surface area (Å²) < 4.78 is 21.1. The Morgan fingerprint density at radius 1 is 1.12 bits per heavy atom. The summed E-state index contributed by atoms with van der Waals surface area (Å²) in [7, 11) is 0. The van der Waals surface area contributed by atoms with Crippen molar-refractivity contribution >= 4 is 29.7 Å². The van der Waals surface area contributed by atoms with E-state index in [9.17, 15) is 14.4 Å². The molecule has 0 spiro atoms. The minimum atomic E-state index is -1.08. The van der Waals surface area contributed by atoms with Gasteiger partial charge in [0, 0.05) is 25.7 Å². The standard InChI is InChI=1S/C13H19N3O7S/c1-6(17)20-5-9-11(21-7(2)18)12(22-8(3)19)10(15-16-14)13(23-9)24-4/h9-13H,5H2,1-4H3/t9-,10-,11-,12-,13+/m1/s1. The molecule has 1 saturated heterocycles. The quantitative estimate of drug-likeness (QED) is 0.226. The van der Waals surface area contributed by atoms with Gasteiger partial charge in [0.25, 0.3) is 0 Å². The fourth-order valence-electron chi connectivity index (χ4n) is 2.26. The van der Waals surface area contributed by atoms with Crippen LogP contribution in [0.3, 0.4) is 0 Å². The molecule has 0 saturated carbocycles. The van der Waals surface area contributed by atoms with Gasteiger partial charge in [-0.2, -0.15) is 0 Å². The van der Waals surface area contributed by atoms with Crippen LogP contribution in [-0.2, 0) is 33.3 Å². The van der Waals surface area contributed by atoms with Gasteiger partial charge in [-0.05, 0) is 11.8 Å². The number of hydrogen-bond acceptors (Lipinski definition) is 9. The van der Waals surface area contributed by atoms with E-state index in [0.717, 1.165) is 0 Å². The topological polar surface area (TPSA) is 137 Å². The molecule has 0 bridgehead atoms. The van der Waals surface area contributed by atoms with Crippen LogP contribution < -0.4 is 0 Å². The first-order chi connectivity index (χ1) is 11.3. The van der Waals surface area contributed by atoms with Gasteiger partial charge < -0.3 is 18.9 Å². The highest BCUT2D eigenvalue weighted by Crippen LogP contribution is 2.33. The van der Waals surface area contributed by atoms with Gasteiger partial charge in [-0.3, -0.25) is 14.4 Å². The van der Waals surface area contributed by atoms with Crippen LogP contribution in [0.15, 0.2) is 5.11 Å². The largest absolute Gasteiger partial charge is 0.463 e. The van der Waals surface area contributed by atoms with Crippen LogP contribution in [0.1, 0.15) is 20.8 Å². The number of esters is 3. The molecule has 1 aliphatic rings. The predicted molar refractivity (Wildman–Crippen MR) is 82.9 cm³/mol. The van der Waals surface area contributed by atoms with Crippen LogP contribution in [0.25, 0.3) is 10.4 Å². The van der Waals surface area contributed by atoms with Gasteiger partial charge in [-0.25, -0.2) is 0 Å². The third-order valence-corrected chi connectivity index (χ3v) is 3.94. The zero-order chi connectivity index (χ0) is 18.3. The maximum Gasteiger partial charge on any atom is 0.303 e. The summed E-state index contributed by atoms with van der Waals surface area (Å²) in [5, 5.41) is 3.62. The molecule has 0 aliphatic carbocycles. The first kappa shape index (κ1) is 20.1. The Hall–Kier alpha value is -1.97. The molecule has 1 heterocycles. The van der Waals surface area contributed by atoms with Gasteiger partial charge in [0.15, 0.2) is 12.2 Å². The van der Waals surface area contributed by atoms with E-state index in [1.165, 1.54) is 32.5 Å². The minimum Gasteiger partial charge on any atom is -0.463 e.